The quantitative estimate of drug-likeness (QED) is 0.841. The van der Waals surface area contributed by atoms with Gasteiger partial charge in [-0.2, -0.15) is 4.98 Å². The average Bonchev–Trinajstić information content (AvgIpc) is 2.34. The molecule has 6 heteroatoms. The van der Waals surface area contributed by atoms with Gasteiger partial charge in [0.1, 0.15) is 5.02 Å². The van der Waals surface area contributed by atoms with Crippen molar-refractivity contribution in [3.63, 3.8) is 0 Å². The average molecular weight is 269 g/mol. The molecule has 88 valence electrons. The Hall–Kier alpha value is -1.36. The van der Waals surface area contributed by atoms with Crippen molar-refractivity contribution < 1.29 is 0 Å². The number of halogens is 2. The minimum atomic E-state index is 0.141. The van der Waals surface area contributed by atoms with Crippen molar-refractivity contribution in [2.75, 3.05) is 5.32 Å². The van der Waals surface area contributed by atoms with Crippen molar-refractivity contribution >= 4 is 34.7 Å². The second-order valence-electron chi connectivity index (χ2n) is 3.32. The maximum absolute atomic E-state index is 5.96. The summed E-state index contributed by atoms with van der Waals surface area (Å²) in [4.78, 5) is 7.80. The molecule has 0 amide bonds. The topological polar surface area (TPSA) is 63.8 Å². The monoisotopic (exact) mass is 268 g/mol. The molecule has 0 fully saturated rings. The molecule has 0 saturated heterocycles. The zero-order valence-electron chi connectivity index (χ0n) is 8.82. The van der Waals surface area contributed by atoms with E-state index < -0.39 is 0 Å². The number of hydrogen-bond acceptors (Lipinski definition) is 4. The van der Waals surface area contributed by atoms with Crippen molar-refractivity contribution in [3.05, 3.63) is 46.3 Å². The molecule has 1 aromatic carbocycles. The van der Waals surface area contributed by atoms with Crippen molar-refractivity contribution in [2.24, 2.45) is 5.73 Å². The standard InChI is InChI=1S/C11H10Cl2N4/c12-8-6-15-11(13)17-10(8)16-9-4-2-1-3-7(9)5-14/h1-4,6H,5,14H2,(H,15,16,17). The highest BCUT2D eigenvalue weighted by molar-refractivity contribution is 6.33. The largest absolute Gasteiger partial charge is 0.339 e. The predicted molar refractivity (Wildman–Crippen MR) is 69.7 cm³/mol. The van der Waals surface area contributed by atoms with Crippen molar-refractivity contribution in [1.82, 2.24) is 9.97 Å². The van der Waals surface area contributed by atoms with Gasteiger partial charge in [-0.05, 0) is 23.2 Å². The number of rotatable bonds is 3. The second kappa shape index (κ2) is 5.31. The fraction of sp³-hybridized carbons (Fsp3) is 0.0909. The number of nitrogens with one attached hydrogen (secondary N) is 1. The van der Waals surface area contributed by atoms with Gasteiger partial charge in [-0.3, -0.25) is 0 Å². The fourth-order valence-electron chi connectivity index (χ4n) is 1.38. The van der Waals surface area contributed by atoms with E-state index in [0.29, 0.717) is 17.4 Å². The van der Waals surface area contributed by atoms with Gasteiger partial charge in [-0.1, -0.05) is 29.8 Å². The van der Waals surface area contributed by atoms with E-state index in [9.17, 15) is 0 Å². The molecule has 0 aliphatic rings. The summed E-state index contributed by atoms with van der Waals surface area (Å²) in [6, 6.07) is 7.65. The van der Waals surface area contributed by atoms with Crippen LogP contribution in [0, 0.1) is 0 Å². The smallest absolute Gasteiger partial charge is 0.224 e. The lowest BCUT2D eigenvalue weighted by molar-refractivity contribution is 1.07. The number of nitrogens with zero attached hydrogens (tertiary/aromatic N) is 2. The van der Waals surface area contributed by atoms with Gasteiger partial charge >= 0.3 is 0 Å². The first-order valence-corrected chi connectivity index (χ1v) is 5.69. The number of aromatic nitrogens is 2. The molecule has 0 spiro atoms. The van der Waals surface area contributed by atoms with Crippen LogP contribution in [0.5, 0.6) is 0 Å². The first-order chi connectivity index (χ1) is 8.20. The van der Waals surface area contributed by atoms with Gasteiger partial charge in [0.25, 0.3) is 0 Å². The summed E-state index contributed by atoms with van der Waals surface area (Å²) in [7, 11) is 0. The zero-order valence-corrected chi connectivity index (χ0v) is 10.3. The summed E-state index contributed by atoms with van der Waals surface area (Å²) < 4.78 is 0. The molecular formula is C11H10Cl2N4. The maximum Gasteiger partial charge on any atom is 0.224 e. The Bertz CT molecular complexity index is 531. The Morgan fingerprint density at radius 3 is 2.76 bits per heavy atom. The van der Waals surface area contributed by atoms with E-state index in [2.05, 4.69) is 15.3 Å². The number of nitrogens with two attached hydrogens (primary N) is 1. The summed E-state index contributed by atoms with van der Waals surface area (Å²) in [6.07, 6.45) is 1.45. The van der Waals surface area contributed by atoms with Crippen LogP contribution in [-0.4, -0.2) is 9.97 Å². The molecule has 0 aliphatic heterocycles. The third-order valence-corrected chi connectivity index (χ3v) is 2.66. The fourth-order valence-corrected chi connectivity index (χ4v) is 1.65. The molecule has 0 aliphatic carbocycles. The van der Waals surface area contributed by atoms with Gasteiger partial charge in [-0.25, -0.2) is 4.98 Å². The highest BCUT2D eigenvalue weighted by atomic mass is 35.5. The molecule has 0 atom stereocenters. The number of para-hydroxylation sites is 1. The van der Waals surface area contributed by atoms with E-state index in [4.69, 9.17) is 28.9 Å². The Morgan fingerprint density at radius 2 is 2.00 bits per heavy atom. The Labute approximate surface area is 109 Å². The van der Waals surface area contributed by atoms with Crippen LogP contribution in [0.2, 0.25) is 10.3 Å². The van der Waals surface area contributed by atoms with E-state index in [1.807, 2.05) is 24.3 Å². The molecule has 2 rings (SSSR count). The van der Waals surface area contributed by atoms with Gasteiger partial charge in [0, 0.05) is 12.2 Å². The van der Waals surface area contributed by atoms with Crippen LogP contribution in [0.25, 0.3) is 0 Å². The van der Waals surface area contributed by atoms with E-state index in [1.165, 1.54) is 6.20 Å². The first-order valence-electron chi connectivity index (χ1n) is 4.93. The first kappa shape index (κ1) is 12.1. The lowest BCUT2D eigenvalue weighted by Crippen LogP contribution is -2.03. The van der Waals surface area contributed by atoms with E-state index in [0.717, 1.165) is 11.3 Å². The SMILES string of the molecule is NCc1ccccc1Nc1nc(Cl)ncc1Cl. The summed E-state index contributed by atoms with van der Waals surface area (Å²) in [5.74, 6) is 0.465. The van der Waals surface area contributed by atoms with Crippen LogP contribution in [0.15, 0.2) is 30.5 Å². The molecular weight excluding hydrogens is 259 g/mol. The van der Waals surface area contributed by atoms with Crippen LogP contribution in [0.4, 0.5) is 11.5 Å². The lowest BCUT2D eigenvalue weighted by Gasteiger charge is -2.10. The van der Waals surface area contributed by atoms with Crippen LogP contribution < -0.4 is 11.1 Å². The van der Waals surface area contributed by atoms with E-state index >= 15 is 0 Å². The van der Waals surface area contributed by atoms with E-state index in [-0.39, 0.29) is 5.28 Å². The molecule has 0 saturated carbocycles. The van der Waals surface area contributed by atoms with Crippen LogP contribution in [0.3, 0.4) is 0 Å². The lowest BCUT2D eigenvalue weighted by atomic mass is 10.2. The van der Waals surface area contributed by atoms with Crippen LogP contribution >= 0.6 is 23.2 Å². The summed E-state index contributed by atoms with van der Waals surface area (Å²) in [5.41, 5.74) is 7.46. The minimum absolute atomic E-state index is 0.141. The number of hydrogen-bond donors (Lipinski definition) is 2. The van der Waals surface area contributed by atoms with Gasteiger partial charge in [0.15, 0.2) is 5.82 Å². The molecule has 2 aromatic rings. The van der Waals surface area contributed by atoms with Crippen LogP contribution in [-0.2, 0) is 6.54 Å². The van der Waals surface area contributed by atoms with E-state index in [1.54, 1.807) is 0 Å². The molecule has 3 N–H and O–H groups in total. The highest BCUT2D eigenvalue weighted by Gasteiger charge is 2.06. The Balaban J connectivity index is 2.34. The Morgan fingerprint density at radius 1 is 1.24 bits per heavy atom. The van der Waals surface area contributed by atoms with Crippen molar-refractivity contribution in [1.29, 1.82) is 0 Å². The molecule has 0 radical (unpaired) electrons. The third-order valence-electron chi connectivity index (χ3n) is 2.21. The molecule has 0 unspecified atom stereocenters. The van der Waals surface area contributed by atoms with Crippen LogP contribution in [0.1, 0.15) is 5.56 Å². The predicted octanol–water partition coefficient (Wildman–Crippen LogP) is 2.99. The highest BCUT2D eigenvalue weighted by Crippen LogP contribution is 2.25. The molecule has 17 heavy (non-hydrogen) atoms. The van der Waals surface area contributed by atoms with Gasteiger partial charge in [0.05, 0.1) is 6.20 Å². The molecule has 1 heterocycles. The summed E-state index contributed by atoms with van der Waals surface area (Å²) in [6.45, 7) is 0.430. The zero-order chi connectivity index (χ0) is 12.3. The minimum Gasteiger partial charge on any atom is -0.339 e. The third kappa shape index (κ3) is 2.85. The Kier molecular flexibility index (Phi) is 3.78. The summed E-state index contributed by atoms with van der Waals surface area (Å²) >= 11 is 11.7. The van der Waals surface area contributed by atoms with Gasteiger partial charge < -0.3 is 11.1 Å². The van der Waals surface area contributed by atoms with Crippen molar-refractivity contribution in [2.45, 2.75) is 6.54 Å². The van der Waals surface area contributed by atoms with Crippen molar-refractivity contribution in [3.8, 4) is 0 Å². The molecule has 4 nitrogen and oxygen atoms in total. The van der Waals surface area contributed by atoms with Gasteiger partial charge in [0.2, 0.25) is 5.28 Å². The maximum atomic E-state index is 5.96. The van der Waals surface area contributed by atoms with Gasteiger partial charge in [-0.15, -0.1) is 0 Å². The number of anilines is 2. The number of benzene rings is 1. The molecule has 1 aromatic heterocycles. The normalized spacial score (nSPS) is 10.3. The molecule has 0 bridgehead atoms. The second-order valence-corrected chi connectivity index (χ2v) is 4.07. The summed E-state index contributed by atoms with van der Waals surface area (Å²) in [5, 5.41) is 3.63.